The summed E-state index contributed by atoms with van der Waals surface area (Å²) in [5.41, 5.74) is 2.80. The van der Waals surface area contributed by atoms with Crippen molar-refractivity contribution in [3.63, 3.8) is 0 Å². The number of ketones is 2. The number of Topliss-reactive ketones (excluding diaryl/α,β-unsaturated/α-hetero) is 2. The second-order valence-electron chi connectivity index (χ2n) is 6.45. The third kappa shape index (κ3) is 3.32. The molecule has 3 aromatic rings. The van der Waals surface area contributed by atoms with Crippen LogP contribution in [0.1, 0.15) is 31.8 Å². The lowest BCUT2D eigenvalue weighted by Gasteiger charge is -2.11. The van der Waals surface area contributed by atoms with E-state index in [0.717, 1.165) is 5.56 Å². The summed E-state index contributed by atoms with van der Waals surface area (Å²) < 4.78 is 11.3. The maximum Gasteiger partial charge on any atom is 0.197 e. The molecule has 0 aliphatic heterocycles. The normalized spacial score (nSPS) is 12.7. The Kier molecular flexibility index (Phi) is 4.77. The highest BCUT2D eigenvalue weighted by molar-refractivity contribution is 6.41. The van der Waals surface area contributed by atoms with Crippen molar-refractivity contribution in [2.75, 3.05) is 7.11 Å². The van der Waals surface area contributed by atoms with E-state index in [1.54, 1.807) is 55.7 Å². The summed E-state index contributed by atoms with van der Waals surface area (Å²) in [6.07, 6.45) is 1.61. The van der Waals surface area contributed by atoms with Gasteiger partial charge in [-0.05, 0) is 29.3 Å². The monoisotopic (exact) mass is 370 g/mol. The van der Waals surface area contributed by atoms with Crippen molar-refractivity contribution in [2.24, 2.45) is 0 Å². The Morgan fingerprint density at radius 3 is 2.07 bits per heavy atom. The van der Waals surface area contributed by atoms with Gasteiger partial charge in [0.25, 0.3) is 0 Å². The van der Waals surface area contributed by atoms with Crippen molar-refractivity contribution in [3.8, 4) is 11.5 Å². The number of carbonyl (C=O) groups is 2. The molecule has 138 valence electrons. The predicted molar refractivity (Wildman–Crippen MR) is 107 cm³/mol. The molecule has 0 aromatic heterocycles. The lowest BCUT2D eigenvalue weighted by atomic mass is 10.1. The molecule has 3 aromatic carbocycles. The molecule has 4 rings (SSSR count). The molecule has 4 heteroatoms. The van der Waals surface area contributed by atoms with Crippen LogP contribution in [-0.2, 0) is 6.61 Å². The van der Waals surface area contributed by atoms with Crippen molar-refractivity contribution in [1.82, 2.24) is 0 Å². The third-order valence-corrected chi connectivity index (χ3v) is 4.64. The summed E-state index contributed by atoms with van der Waals surface area (Å²) >= 11 is 0. The number of allylic oxidation sites excluding steroid dienone is 1. The number of hydrogen-bond acceptors (Lipinski definition) is 4. The minimum Gasteiger partial charge on any atom is -0.493 e. The fourth-order valence-corrected chi connectivity index (χ4v) is 3.20. The fraction of sp³-hybridized carbons (Fsp3) is 0.0833. The maximum atomic E-state index is 12.6. The van der Waals surface area contributed by atoms with E-state index in [1.807, 2.05) is 30.3 Å². The summed E-state index contributed by atoms with van der Waals surface area (Å²) in [5, 5.41) is 0. The molecule has 1 aliphatic carbocycles. The van der Waals surface area contributed by atoms with Crippen molar-refractivity contribution in [2.45, 2.75) is 6.61 Å². The van der Waals surface area contributed by atoms with Crippen LogP contribution >= 0.6 is 0 Å². The van der Waals surface area contributed by atoms with Gasteiger partial charge in [0.1, 0.15) is 6.61 Å². The van der Waals surface area contributed by atoms with Gasteiger partial charge < -0.3 is 9.47 Å². The standard InChI is InChI=1S/C24H18O4/c1-27-21-12-11-17(14-22(21)28-15-16-7-3-2-4-8-16)13-20-23(25)18-9-5-6-10-19(18)24(20)26/h2-14H,15H2,1H3. The van der Waals surface area contributed by atoms with Gasteiger partial charge in [-0.25, -0.2) is 0 Å². The van der Waals surface area contributed by atoms with Crippen molar-refractivity contribution >= 4 is 17.6 Å². The molecule has 0 bridgehead atoms. The lowest BCUT2D eigenvalue weighted by Crippen LogP contribution is -2.01. The first-order chi connectivity index (χ1) is 13.7. The molecule has 1 aliphatic rings. The summed E-state index contributed by atoms with van der Waals surface area (Å²) in [7, 11) is 1.57. The van der Waals surface area contributed by atoms with Crippen LogP contribution < -0.4 is 9.47 Å². The summed E-state index contributed by atoms with van der Waals surface area (Å²) in [5.74, 6) is 0.646. The Balaban J connectivity index is 1.63. The van der Waals surface area contributed by atoms with E-state index in [1.165, 1.54) is 0 Å². The van der Waals surface area contributed by atoms with E-state index in [2.05, 4.69) is 0 Å². The van der Waals surface area contributed by atoms with Crippen molar-refractivity contribution in [3.05, 3.63) is 101 Å². The molecule has 0 heterocycles. The molecule has 0 saturated heterocycles. The fourth-order valence-electron chi connectivity index (χ4n) is 3.20. The Hall–Kier alpha value is -3.66. The minimum atomic E-state index is -0.247. The van der Waals surface area contributed by atoms with Crippen LogP contribution in [0, 0.1) is 0 Å². The predicted octanol–water partition coefficient (Wildman–Crippen LogP) is 4.74. The zero-order valence-corrected chi connectivity index (χ0v) is 15.3. The SMILES string of the molecule is COc1ccc(C=C2C(=O)c3ccccc3C2=O)cc1OCc1ccccc1. The summed E-state index contributed by atoms with van der Waals surface area (Å²) in [4.78, 5) is 25.2. The highest BCUT2D eigenvalue weighted by Crippen LogP contribution is 2.32. The maximum absolute atomic E-state index is 12.6. The molecule has 0 amide bonds. The molecule has 0 atom stereocenters. The first-order valence-electron chi connectivity index (χ1n) is 8.92. The van der Waals surface area contributed by atoms with E-state index < -0.39 is 0 Å². The number of hydrogen-bond donors (Lipinski definition) is 0. The lowest BCUT2D eigenvalue weighted by molar-refractivity contribution is 0.0990. The van der Waals surface area contributed by atoms with Crippen LogP contribution in [0.2, 0.25) is 0 Å². The van der Waals surface area contributed by atoms with Gasteiger partial charge in [-0.3, -0.25) is 9.59 Å². The second-order valence-corrected chi connectivity index (χ2v) is 6.45. The first kappa shape index (κ1) is 17.7. The van der Waals surface area contributed by atoms with Crippen molar-refractivity contribution in [1.29, 1.82) is 0 Å². The molecule has 28 heavy (non-hydrogen) atoms. The molecule has 0 spiro atoms. The first-order valence-corrected chi connectivity index (χ1v) is 8.92. The highest BCUT2D eigenvalue weighted by atomic mass is 16.5. The van der Waals surface area contributed by atoms with E-state index >= 15 is 0 Å². The molecule has 0 unspecified atom stereocenters. The number of carbonyl (C=O) groups excluding carboxylic acids is 2. The largest absolute Gasteiger partial charge is 0.493 e. The van der Waals surface area contributed by atoms with E-state index in [0.29, 0.717) is 34.8 Å². The van der Waals surface area contributed by atoms with Gasteiger partial charge in [0.15, 0.2) is 23.1 Å². The van der Waals surface area contributed by atoms with Crippen molar-refractivity contribution < 1.29 is 19.1 Å². The van der Waals surface area contributed by atoms with Crippen LogP contribution in [0.25, 0.3) is 6.08 Å². The van der Waals surface area contributed by atoms with Crippen LogP contribution in [-0.4, -0.2) is 18.7 Å². The zero-order valence-electron chi connectivity index (χ0n) is 15.3. The molecule has 4 nitrogen and oxygen atoms in total. The average molecular weight is 370 g/mol. The minimum absolute atomic E-state index is 0.167. The number of ether oxygens (including phenoxy) is 2. The van der Waals surface area contributed by atoms with Gasteiger partial charge in [-0.1, -0.05) is 60.7 Å². The number of rotatable bonds is 5. The molecular weight excluding hydrogens is 352 g/mol. The Labute approximate surface area is 163 Å². The number of methoxy groups -OCH3 is 1. The van der Waals surface area contributed by atoms with Gasteiger partial charge in [-0.2, -0.15) is 0 Å². The Morgan fingerprint density at radius 1 is 0.786 bits per heavy atom. The highest BCUT2D eigenvalue weighted by Gasteiger charge is 2.32. The summed E-state index contributed by atoms with van der Waals surface area (Å²) in [6.45, 7) is 0.389. The summed E-state index contributed by atoms with van der Waals surface area (Å²) in [6, 6.07) is 22.0. The third-order valence-electron chi connectivity index (χ3n) is 4.64. The Morgan fingerprint density at radius 2 is 1.43 bits per heavy atom. The molecule has 0 fully saturated rings. The average Bonchev–Trinajstić information content (AvgIpc) is 2.98. The van der Waals surface area contributed by atoms with Gasteiger partial charge >= 0.3 is 0 Å². The molecule has 0 radical (unpaired) electrons. The Bertz CT molecular complexity index is 1040. The van der Waals surface area contributed by atoms with Crippen LogP contribution in [0.5, 0.6) is 11.5 Å². The topological polar surface area (TPSA) is 52.6 Å². The second kappa shape index (κ2) is 7.53. The van der Waals surface area contributed by atoms with E-state index in [-0.39, 0.29) is 17.1 Å². The zero-order chi connectivity index (χ0) is 19.5. The van der Waals surface area contributed by atoms with Gasteiger partial charge in [-0.15, -0.1) is 0 Å². The molecule has 0 N–H and O–H groups in total. The van der Waals surface area contributed by atoms with Gasteiger partial charge in [0, 0.05) is 11.1 Å². The molecule has 0 saturated carbocycles. The van der Waals surface area contributed by atoms with Gasteiger partial charge in [0.2, 0.25) is 0 Å². The van der Waals surface area contributed by atoms with E-state index in [9.17, 15) is 9.59 Å². The smallest absolute Gasteiger partial charge is 0.197 e. The van der Waals surface area contributed by atoms with Crippen LogP contribution in [0.3, 0.4) is 0 Å². The molecular formula is C24H18O4. The number of fused-ring (bicyclic) bond motifs is 1. The van der Waals surface area contributed by atoms with E-state index in [4.69, 9.17) is 9.47 Å². The van der Waals surface area contributed by atoms with Crippen LogP contribution in [0.4, 0.5) is 0 Å². The number of benzene rings is 3. The quantitative estimate of drug-likeness (QED) is 0.481. The van der Waals surface area contributed by atoms with Gasteiger partial charge in [0.05, 0.1) is 12.7 Å². The van der Waals surface area contributed by atoms with Crippen LogP contribution in [0.15, 0.2) is 78.4 Å².